The van der Waals surface area contributed by atoms with Gasteiger partial charge in [0.2, 0.25) is 0 Å². The lowest BCUT2D eigenvalue weighted by molar-refractivity contribution is 0.343. The molecule has 2 aliphatic rings. The molecule has 0 amide bonds. The number of rotatable bonds is 6. The molecule has 6 nitrogen and oxygen atoms in total. The molecule has 2 atom stereocenters. The van der Waals surface area contributed by atoms with Crippen LogP contribution in [0.5, 0.6) is 0 Å². The number of halogens is 2. The summed E-state index contributed by atoms with van der Waals surface area (Å²) < 4.78 is 13.9. The van der Waals surface area contributed by atoms with Gasteiger partial charge in [-0.25, -0.2) is 9.37 Å². The lowest BCUT2D eigenvalue weighted by Gasteiger charge is -2.20. The third-order valence-corrected chi connectivity index (χ3v) is 5.24. The standard InChI is InChI=1S/C19H31FN6.HI/c1-3-21-19(23-12-15-7-10-25(4-2)13-15)24-16-8-11-26(14-16)18-17(20)6-5-9-22-18;/h5-6,9,15-16H,3-4,7-8,10-14H2,1-2H3,(H2,21,23,24);1H. The molecule has 0 bridgehead atoms. The lowest BCUT2D eigenvalue weighted by atomic mass is 10.1. The minimum atomic E-state index is -0.254. The number of anilines is 1. The summed E-state index contributed by atoms with van der Waals surface area (Å²) in [4.78, 5) is 13.5. The van der Waals surface area contributed by atoms with E-state index in [0.717, 1.165) is 51.6 Å². The molecule has 2 unspecified atom stereocenters. The molecule has 3 heterocycles. The molecule has 2 fully saturated rings. The van der Waals surface area contributed by atoms with Crippen LogP contribution in [0.3, 0.4) is 0 Å². The second-order valence-corrected chi connectivity index (χ2v) is 7.15. The van der Waals surface area contributed by atoms with Crippen LogP contribution in [0.4, 0.5) is 10.2 Å². The molecular formula is C19H32FIN6. The van der Waals surface area contributed by atoms with E-state index in [-0.39, 0.29) is 35.8 Å². The van der Waals surface area contributed by atoms with Crippen LogP contribution in [0.15, 0.2) is 23.3 Å². The van der Waals surface area contributed by atoms with Gasteiger partial charge < -0.3 is 20.4 Å². The summed E-state index contributed by atoms with van der Waals surface area (Å²) in [6.07, 6.45) is 3.83. The number of aliphatic imine (C=N–C) groups is 1. The van der Waals surface area contributed by atoms with Crippen LogP contribution in [-0.2, 0) is 0 Å². The average Bonchev–Trinajstić information content (AvgIpc) is 3.29. The maximum Gasteiger partial charge on any atom is 0.191 e. The van der Waals surface area contributed by atoms with Gasteiger partial charge in [-0.1, -0.05) is 6.92 Å². The van der Waals surface area contributed by atoms with E-state index in [4.69, 9.17) is 4.99 Å². The first-order chi connectivity index (χ1) is 12.7. The van der Waals surface area contributed by atoms with Gasteiger partial charge >= 0.3 is 0 Å². The van der Waals surface area contributed by atoms with Gasteiger partial charge in [-0.3, -0.25) is 4.99 Å². The van der Waals surface area contributed by atoms with Crippen LogP contribution in [0, 0.1) is 11.7 Å². The summed E-state index contributed by atoms with van der Waals surface area (Å²) in [5, 5.41) is 6.86. The maximum atomic E-state index is 13.9. The number of pyridine rings is 1. The number of likely N-dealkylation sites (tertiary alicyclic amines) is 1. The minimum Gasteiger partial charge on any atom is -0.357 e. The molecule has 2 saturated heterocycles. The first kappa shape index (κ1) is 22.1. The Hall–Kier alpha value is -1.16. The lowest BCUT2D eigenvalue weighted by Crippen LogP contribution is -2.45. The molecule has 0 aromatic carbocycles. The van der Waals surface area contributed by atoms with Crippen molar-refractivity contribution in [2.24, 2.45) is 10.9 Å². The Bertz CT molecular complexity index is 614. The molecular weight excluding hydrogens is 458 g/mol. The molecule has 1 aromatic heterocycles. The van der Waals surface area contributed by atoms with Crippen molar-refractivity contribution in [2.75, 3.05) is 50.7 Å². The Morgan fingerprint density at radius 1 is 1.30 bits per heavy atom. The van der Waals surface area contributed by atoms with Crippen LogP contribution in [0.1, 0.15) is 26.7 Å². The Labute approximate surface area is 179 Å². The summed E-state index contributed by atoms with van der Waals surface area (Å²) in [6, 6.07) is 3.35. The van der Waals surface area contributed by atoms with E-state index in [1.165, 1.54) is 19.0 Å². The van der Waals surface area contributed by atoms with Crippen molar-refractivity contribution in [3.8, 4) is 0 Å². The number of aromatic nitrogens is 1. The van der Waals surface area contributed by atoms with E-state index in [0.29, 0.717) is 11.7 Å². The van der Waals surface area contributed by atoms with Crippen LogP contribution in [-0.4, -0.2) is 67.7 Å². The van der Waals surface area contributed by atoms with Gasteiger partial charge in [-0.15, -0.1) is 24.0 Å². The van der Waals surface area contributed by atoms with Crippen molar-refractivity contribution in [3.05, 3.63) is 24.1 Å². The number of guanidine groups is 1. The highest BCUT2D eigenvalue weighted by Gasteiger charge is 2.26. The number of hydrogen-bond acceptors (Lipinski definition) is 4. The Balaban J connectivity index is 0.00000261. The SMILES string of the molecule is CCNC(=NCC1CCN(CC)C1)NC1CCN(c2ncccc2F)C1.I. The highest BCUT2D eigenvalue weighted by atomic mass is 127. The zero-order valence-electron chi connectivity index (χ0n) is 16.3. The molecule has 0 radical (unpaired) electrons. The fraction of sp³-hybridized carbons (Fsp3) is 0.684. The van der Waals surface area contributed by atoms with E-state index in [1.54, 1.807) is 12.3 Å². The second kappa shape index (κ2) is 11.0. The summed E-state index contributed by atoms with van der Waals surface area (Å²) in [5.41, 5.74) is 0. The van der Waals surface area contributed by atoms with Crippen LogP contribution >= 0.6 is 24.0 Å². The molecule has 152 valence electrons. The van der Waals surface area contributed by atoms with Crippen molar-refractivity contribution in [1.29, 1.82) is 0 Å². The number of nitrogens with zero attached hydrogens (tertiary/aromatic N) is 4. The number of nitrogens with one attached hydrogen (secondary N) is 2. The largest absolute Gasteiger partial charge is 0.357 e. The van der Waals surface area contributed by atoms with Crippen molar-refractivity contribution in [3.63, 3.8) is 0 Å². The first-order valence-corrected chi connectivity index (χ1v) is 9.82. The molecule has 0 aliphatic carbocycles. The Morgan fingerprint density at radius 3 is 2.85 bits per heavy atom. The van der Waals surface area contributed by atoms with Gasteiger partial charge in [0.25, 0.3) is 0 Å². The van der Waals surface area contributed by atoms with Gasteiger partial charge in [0.1, 0.15) is 0 Å². The zero-order valence-corrected chi connectivity index (χ0v) is 18.7. The molecule has 27 heavy (non-hydrogen) atoms. The number of hydrogen-bond donors (Lipinski definition) is 2. The fourth-order valence-corrected chi connectivity index (χ4v) is 3.76. The van der Waals surface area contributed by atoms with Gasteiger partial charge in [0, 0.05) is 45.0 Å². The monoisotopic (exact) mass is 490 g/mol. The molecule has 2 aliphatic heterocycles. The van der Waals surface area contributed by atoms with E-state index >= 15 is 0 Å². The van der Waals surface area contributed by atoms with E-state index in [2.05, 4.69) is 34.4 Å². The summed E-state index contributed by atoms with van der Waals surface area (Å²) in [5.74, 6) is 1.71. The van der Waals surface area contributed by atoms with Crippen molar-refractivity contribution in [2.45, 2.75) is 32.7 Å². The smallest absolute Gasteiger partial charge is 0.191 e. The summed E-state index contributed by atoms with van der Waals surface area (Å²) in [6.45, 7) is 11.0. The third-order valence-electron chi connectivity index (χ3n) is 5.24. The predicted molar refractivity (Wildman–Crippen MR) is 120 cm³/mol. The van der Waals surface area contributed by atoms with E-state index < -0.39 is 0 Å². The zero-order chi connectivity index (χ0) is 18.4. The Morgan fingerprint density at radius 2 is 2.15 bits per heavy atom. The van der Waals surface area contributed by atoms with Crippen LogP contribution in [0.2, 0.25) is 0 Å². The van der Waals surface area contributed by atoms with Gasteiger partial charge in [-0.05, 0) is 50.9 Å². The van der Waals surface area contributed by atoms with Crippen molar-refractivity contribution < 1.29 is 4.39 Å². The van der Waals surface area contributed by atoms with Crippen molar-refractivity contribution in [1.82, 2.24) is 20.5 Å². The molecule has 0 spiro atoms. The van der Waals surface area contributed by atoms with Gasteiger partial charge in [0.15, 0.2) is 17.6 Å². The van der Waals surface area contributed by atoms with E-state index in [9.17, 15) is 4.39 Å². The van der Waals surface area contributed by atoms with Crippen LogP contribution < -0.4 is 15.5 Å². The Kier molecular flexibility index (Phi) is 9.01. The quantitative estimate of drug-likeness (QED) is 0.364. The predicted octanol–water partition coefficient (Wildman–Crippen LogP) is 2.31. The van der Waals surface area contributed by atoms with Gasteiger partial charge in [0.05, 0.1) is 0 Å². The van der Waals surface area contributed by atoms with Gasteiger partial charge in [-0.2, -0.15) is 0 Å². The molecule has 2 N–H and O–H groups in total. The molecule has 3 rings (SSSR count). The molecule has 0 saturated carbocycles. The second-order valence-electron chi connectivity index (χ2n) is 7.15. The van der Waals surface area contributed by atoms with Crippen LogP contribution in [0.25, 0.3) is 0 Å². The minimum absolute atomic E-state index is 0. The average molecular weight is 490 g/mol. The third kappa shape index (κ3) is 6.17. The first-order valence-electron chi connectivity index (χ1n) is 9.82. The highest BCUT2D eigenvalue weighted by molar-refractivity contribution is 14.0. The highest BCUT2D eigenvalue weighted by Crippen LogP contribution is 2.21. The normalized spacial score (nSPS) is 23.4. The topological polar surface area (TPSA) is 55.8 Å². The summed E-state index contributed by atoms with van der Waals surface area (Å²) in [7, 11) is 0. The van der Waals surface area contributed by atoms with E-state index in [1.807, 2.05) is 4.90 Å². The van der Waals surface area contributed by atoms with Crippen molar-refractivity contribution >= 4 is 35.8 Å². The molecule has 8 heteroatoms. The maximum absolute atomic E-state index is 13.9. The molecule has 1 aromatic rings. The summed E-state index contributed by atoms with van der Waals surface area (Å²) >= 11 is 0. The fourth-order valence-electron chi connectivity index (χ4n) is 3.76.